The van der Waals surface area contributed by atoms with Gasteiger partial charge in [0.1, 0.15) is 0 Å². The molecule has 4 atom stereocenters. The minimum absolute atomic E-state index is 0.0520. The fraction of sp³-hybridized carbons (Fsp3) is 0.533. The molecule has 2 fully saturated rings. The smallest absolute Gasteiger partial charge is 0.248 e. The van der Waals surface area contributed by atoms with E-state index in [0.717, 1.165) is 24.1 Å². The summed E-state index contributed by atoms with van der Waals surface area (Å²) in [7, 11) is 0. The van der Waals surface area contributed by atoms with Crippen molar-refractivity contribution in [2.75, 3.05) is 0 Å². The van der Waals surface area contributed by atoms with Crippen LogP contribution in [0.2, 0.25) is 0 Å². The first-order valence-corrected chi connectivity index (χ1v) is 6.84. The van der Waals surface area contributed by atoms with Crippen LogP contribution in [0.25, 0.3) is 0 Å². The number of H-pyrrole nitrogens is 1. The molecule has 0 aromatic carbocycles. The third kappa shape index (κ3) is 1.28. The quantitative estimate of drug-likeness (QED) is 0.542. The van der Waals surface area contributed by atoms with E-state index in [-0.39, 0.29) is 17.3 Å². The molecule has 0 radical (unpaired) electrons. The molecule has 1 aromatic rings. The van der Waals surface area contributed by atoms with Gasteiger partial charge < -0.3 is 15.5 Å². The van der Waals surface area contributed by atoms with Crippen LogP contribution in [0, 0.1) is 5.92 Å². The average Bonchev–Trinajstić information content (AvgIpc) is 2.99. The number of rotatable bonds is 0. The van der Waals surface area contributed by atoms with E-state index in [1.54, 1.807) is 6.07 Å². The van der Waals surface area contributed by atoms with Crippen molar-refractivity contribution in [2.24, 2.45) is 11.7 Å². The lowest BCUT2D eigenvalue weighted by molar-refractivity contribution is 0.265. The average molecular weight is 258 g/mol. The van der Waals surface area contributed by atoms with E-state index < -0.39 is 5.54 Å². The Morgan fingerprint density at radius 1 is 1.53 bits per heavy atom. The largest absolute Gasteiger partial charge is 0.366 e. The Morgan fingerprint density at radius 3 is 3.05 bits per heavy atom. The van der Waals surface area contributed by atoms with Crippen LogP contribution >= 0.6 is 0 Å². The number of allylic oxidation sites excluding steroid dienone is 1. The van der Waals surface area contributed by atoms with Gasteiger partial charge in [0.15, 0.2) is 0 Å². The van der Waals surface area contributed by atoms with Crippen molar-refractivity contribution in [2.45, 2.75) is 43.9 Å². The summed E-state index contributed by atoms with van der Waals surface area (Å²) in [5.74, 6) is 0.305. The van der Waals surface area contributed by atoms with E-state index in [0.29, 0.717) is 5.92 Å². The van der Waals surface area contributed by atoms with E-state index in [2.05, 4.69) is 18.0 Å². The van der Waals surface area contributed by atoms with Gasteiger partial charge in [-0.1, -0.05) is 6.08 Å². The maximum absolute atomic E-state index is 11.5. The lowest BCUT2D eigenvalue weighted by Crippen LogP contribution is -2.53. The zero-order valence-electron chi connectivity index (χ0n) is 11.2. The zero-order valence-corrected chi connectivity index (χ0v) is 11.2. The number of pyridine rings is 1. The number of fused-ring (bicyclic) bond motifs is 6. The summed E-state index contributed by atoms with van der Waals surface area (Å²) in [6, 6.07) is 3.46. The van der Waals surface area contributed by atoms with Crippen LogP contribution < -0.4 is 11.3 Å². The first-order chi connectivity index (χ1) is 8.98. The molecule has 4 rings (SSSR count). The molecule has 1 aromatic heterocycles. The molecule has 0 spiro atoms. The van der Waals surface area contributed by atoms with E-state index in [1.807, 2.05) is 13.0 Å². The molecule has 4 nitrogen and oxygen atoms in total. The zero-order chi connectivity index (χ0) is 13.4. The van der Waals surface area contributed by atoms with Gasteiger partial charge in [-0.3, -0.25) is 4.79 Å². The second-order valence-corrected chi connectivity index (χ2v) is 6.27. The minimum atomic E-state index is -0.487. The number of aromatic nitrogens is 1. The van der Waals surface area contributed by atoms with Gasteiger partial charge in [0.2, 0.25) is 5.56 Å². The van der Waals surface area contributed by atoms with Crippen molar-refractivity contribution in [1.29, 1.82) is 0 Å². The third-order valence-electron chi connectivity index (χ3n) is 5.07. The van der Waals surface area contributed by atoms with Gasteiger partial charge in [0.25, 0.3) is 0 Å². The Hall–Kier alpha value is -1.39. The number of epoxide rings is 1. The number of aromatic amines is 1. The molecule has 0 unspecified atom stereocenters. The highest BCUT2D eigenvalue weighted by Gasteiger charge is 2.67. The summed E-state index contributed by atoms with van der Waals surface area (Å²) in [5, 5.41) is 0. The van der Waals surface area contributed by atoms with Gasteiger partial charge in [0.05, 0.1) is 17.2 Å². The predicted octanol–water partition coefficient (Wildman–Crippen LogP) is 1.21. The van der Waals surface area contributed by atoms with Crippen LogP contribution in [0.5, 0.6) is 0 Å². The Bertz CT molecular complexity index is 662. The first-order valence-electron chi connectivity index (χ1n) is 6.84. The van der Waals surface area contributed by atoms with Crippen LogP contribution in [0.1, 0.15) is 31.5 Å². The highest BCUT2D eigenvalue weighted by molar-refractivity contribution is 5.48. The number of ether oxygens (including phenoxy) is 1. The molecule has 1 aliphatic heterocycles. The monoisotopic (exact) mass is 258 g/mol. The lowest BCUT2D eigenvalue weighted by atomic mass is 9.60. The highest BCUT2D eigenvalue weighted by Crippen LogP contribution is 2.61. The van der Waals surface area contributed by atoms with E-state index in [4.69, 9.17) is 10.5 Å². The fourth-order valence-electron chi connectivity index (χ4n) is 4.31. The van der Waals surface area contributed by atoms with Crippen LogP contribution in [0.15, 0.2) is 28.6 Å². The number of hydrogen-bond donors (Lipinski definition) is 2. The molecular formula is C15H18N2O2. The third-order valence-corrected chi connectivity index (χ3v) is 5.07. The predicted molar refractivity (Wildman–Crippen MR) is 71.8 cm³/mol. The first kappa shape index (κ1) is 11.4. The molecular weight excluding hydrogens is 240 g/mol. The Balaban J connectivity index is 1.98. The van der Waals surface area contributed by atoms with Gasteiger partial charge in [0, 0.05) is 24.1 Å². The molecule has 100 valence electrons. The summed E-state index contributed by atoms with van der Waals surface area (Å²) < 4.78 is 5.93. The van der Waals surface area contributed by atoms with Gasteiger partial charge in [-0.05, 0) is 37.5 Å². The van der Waals surface area contributed by atoms with Crippen LogP contribution in [0.3, 0.4) is 0 Å². The lowest BCUT2D eigenvalue weighted by Gasteiger charge is -2.46. The fourth-order valence-corrected chi connectivity index (χ4v) is 4.31. The van der Waals surface area contributed by atoms with Crippen molar-refractivity contribution >= 4 is 0 Å². The van der Waals surface area contributed by atoms with E-state index in [9.17, 15) is 4.79 Å². The molecule has 2 bridgehead atoms. The maximum atomic E-state index is 11.5. The molecule has 2 aliphatic carbocycles. The summed E-state index contributed by atoms with van der Waals surface area (Å²) >= 11 is 0. The topological polar surface area (TPSA) is 71.4 Å². The molecule has 1 saturated carbocycles. The summed E-state index contributed by atoms with van der Waals surface area (Å²) in [6.45, 7) is 4.20. The van der Waals surface area contributed by atoms with Gasteiger partial charge in [-0.15, -0.1) is 0 Å². The molecule has 1 saturated heterocycles. The molecule has 2 heterocycles. The van der Waals surface area contributed by atoms with Gasteiger partial charge >= 0.3 is 0 Å². The van der Waals surface area contributed by atoms with E-state index >= 15 is 0 Å². The maximum Gasteiger partial charge on any atom is 0.248 e. The van der Waals surface area contributed by atoms with Crippen LogP contribution in [-0.2, 0) is 16.7 Å². The van der Waals surface area contributed by atoms with Crippen molar-refractivity contribution < 1.29 is 4.74 Å². The summed E-state index contributed by atoms with van der Waals surface area (Å²) in [5.41, 5.74) is 9.45. The molecule has 4 heteroatoms. The van der Waals surface area contributed by atoms with Gasteiger partial charge in [-0.25, -0.2) is 0 Å². The molecule has 0 amide bonds. The Kier molecular flexibility index (Phi) is 1.92. The number of nitrogens with two attached hydrogens (primary N) is 1. The molecule has 3 aliphatic rings. The Labute approximate surface area is 111 Å². The molecule has 19 heavy (non-hydrogen) atoms. The molecule has 3 N–H and O–H groups in total. The summed E-state index contributed by atoms with van der Waals surface area (Å²) in [4.78, 5) is 14.5. The summed E-state index contributed by atoms with van der Waals surface area (Å²) in [6.07, 6.45) is 4.01. The number of hydrogen-bond acceptors (Lipinski definition) is 3. The van der Waals surface area contributed by atoms with Crippen molar-refractivity contribution in [3.05, 3.63) is 45.4 Å². The van der Waals surface area contributed by atoms with Crippen molar-refractivity contribution in [1.82, 2.24) is 4.98 Å². The van der Waals surface area contributed by atoms with E-state index in [1.165, 1.54) is 5.57 Å². The standard InChI is InChI=1S/C15H18N2O2/c1-3-9-8-6-11-10(4-5-12(18)17-11)15(9,16)7-14(2)13(8)19-14/h3-5,8,13H,6-7,16H2,1-2H3,(H,17,18)/b9-3+/t8-,13-,14+,15+/m0/s1. The SMILES string of the molecule is C/C=C1\[C@@H]2Cc3[nH]c(=O)ccc3[C@@]1(N)C[C@@]1(C)O[C@@H]21. The van der Waals surface area contributed by atoms with Crippen LogP contribution in [-0.4, -0.2) is 16.7 Å². The second kappa shape index (κ2) is 3.19. The minimum Gasteiger partial charge on any atom is -0.366 e. The number of nitrogens with one attached hydrogen (secondary N) is 1. The van der Waals surface area contributed by atoms with Crippen molar-refractivity contribution in [3.8, 4) is 0 Å². The van der Waals surface area contributed by atoms with Gasteiger partial charge in [-0.2, -0.15) is 0 Å². The Morgan fingerprint density at radius 2 is 2.32 bits per heavy atom. The normalized spacial score (nSPS) is 44.7. The highest BCUT2D eigenvalue weighted by atomic mass is 16.6. The van der Waals surface area contributed by atoms with Crippen LogP contribution in [0.4, 0.5) is 0 Å². The second-order valence-electron chi connectivity index (χ2n) is 6.27. The van der Waals surface area contributed by atoms with Crippen molar-refractivity contribution in [3.63, 3.8) is 0 Å².